The van der Waals surface area contributed by atoms with Crippen molar-refractivity contribution >= 4 is 43.5 Å². The molecule has 0 unspecified atom stereocenters. The van der Waals surface area contributed by atoms with Crippen molar-refractivity contribution < 1.29 is 27.5 Å². The van der Waals surface area contributed by atoms with E-state index in [0.717, 1.165) is 4.47 Å². The quantitative estimate of drug-likeness (QED) is 0.613. The molecule has 0 aliphatic carbocycles. The predicted octanol–water partition coefficient (Wildman–Crippen LogP) is 1.97. The lowest BCUT2D eigenvalue weighted by molar-refractivity contribution is -0.149. The molecule has 0 aromatic heterocycles. The van der Waals surface area contributed by atoms with Crippen molar-refractivity contribution in [3.05, 3.63) is 52.5 Å². The van der Waals surface area contributed by atoms with Crippen LogP contribution < -0.4 is 15.2 Å². The normalized spacial score (nSPS) is 10.9. The maximum Gasteiger partial charge on any atom is 0.344 e. The van der Waals surface area contributed by atoms with E-state index in [1.165, 1.54) is 18.2 Å². The molecule has 0 aliphatic rings. The van der Waals surface area contributed by atoms with Crippen molar-refractivity contribution in [3.8, 4) is 5.75 Å². The van der Waals surface area contributed by atoms with Gasteiger partial charge in [0.25, 0.3) is 5.91 Å². The van der Waals surface area contributed by atoms with Gasteiger partial charge >= 0.3 is 5.97 Å². The third-order valence-electron chi connectivity index (χ3n) is 3.31. The number of primary sulfonamides is 1. The maximum atomic E-state index is 11.9. The van der Waals surface area contributed by atoms with E-state index in [4.69, 9.17) is 14.6 Å². The molecule has 1 amide bonds. The molecule has 0 fully saturated rings. The summed E-state index contributed by atoms with van der Waals surface area (Å²) in [5.41, 5.74) is 0.670. The van der Waals surface area contributed by atoms with E-state index in [0.29, 0.717) is 11.3 Å². The van der Waals surface area contributed by atoms with Gasteiger partial charge in [-0.15, -0.1) is 0 Å². The van der Waals surface area contributed by atoms with Gasteiger partial charge in [0, 0.05) is 10.2 Å². The molecule has 0 saturated carbocycles. The molecular weight excluding hydrogens is 440 g/mol. The third kappa shape index (κ3) is 6.66. The lowest BCUT2D eigenvalue weighted by Crippen LogP contribution is -2.24. The number of rotatable bonds is 7. The van der Waals surface area contributed by atoms with Crippen molar-refractivity contribution in [2.45, 2.75) is 11.8 Å². The Bertz CT molecular complexity index is 944. The Hall–Kier alpha value is -2.43. The van der Waals surface area contributed by atoms with Crippen molar-refractivity contribution in [2.75, 3.05) is 18.5 Å². The number of nitrogens with two attached hydrogens (primary N) is 1. The number of hydrogen-bond donors (Lipinski definition) is 2. The van der Waals surface area contributed by atoms with E-state index in [1.54, 1.807) is 31.2 Å². The van der Waals surface area contributed by atoms with Crippen LogP contribution >= 0.6 is 15.9 Å². The molecule has 8 nitrogen and oxygen atoms in total. The van der Waals surface area contributed by atoms with Gasteiger partial charge in [-0.05, 0) is 48.9 Å². The van der Waals surface area contributed by atoms with Crippen LogP contribution in [0, 0.1) is 6.92 Å². The van der Waals surface area contributed by atoms with Crippen molar-refractivity contribution in [1.82, 2.24) is 0 Å². The highest BCUT2D eigenvalue weighted by molar-refractivity contribution is 9.10. The largest absolute Gasteiger partial charge is 0.482 e. The molecule has 0 radical (unpaired) electrons. The first kappa shape index (κ1) is 20.9. The summed E-state index contributed by atoms with van der Waals surface area (Å²) in [7, 11) is -3.91. The van der Waals surface area contributed by atoms with Crippen molar-refractivity contribution in [2.24, 2.45) is 5.14 Å². The minimum Gasteiger partial charge on any atom is -0.482 e. The number of hydrogen-bond acceptors (Lipinski definition) is 6. The Kier molecular flexibility index (Phi) is 6.94. The number of halogens is 1. The van der Waals surface area contributed by atoms with E-state index in [2.05, 4.69) is 21.2 Å². The number of carbonyl (C=O) groups is 2. The molecule has 0 heterocycles. The van der Waals surface area contributed by atoms with Gasteiger partial charge in [0.05, 0.1) is 4.90 Å². The number of sulfonamides is 1. The molecule has 0 aliphatic heterocycles. The Balaban J connectivity index is 1.83. The molecule has 144 valence electrons. The second-order valence-corrected chi connectivity index (χ2v) is 7.92. The van der Waals surface area contributed by atoms with Gasteiger partial charge in [0.15, 0.2) is 13.2 Å². The second kappa shape index (κ2) is 8.98. The highest BCUT2D eigenvalue weighted by Gasteiger charge is 2.14. The summed E-state index contributed by atoms with van der Waals surface area (Å²) in [6.45, 7) is 0.689. The zero-order valence-electron chi connectivity index (χ0n) is 14.3. The lowest BCUT2D eigenvalue weighted by atomic mass is 10.2. The standard InChI is InChI=1S/C17H17BrN2O6S/c1-11-2-5-13(8-15(11)27(19,23)24)20-16(21)9-26-17(22)10-25-14-6-3-12(18)4-7-14/h2-8H,9-10H2,1H3,(H,20,21)(H2,19,23,24). The Labute approximate surface area is 164 Å². The number of ether oxygens (including phenoxy) is 2. The van der Waals surface area contributed by atoms with Crippen LogP contribution in [0.15, 0.2) is 51.8 Å². The first-order valence-corrected chi connectivity index (χ1v) is 9.96. The summed E-state index contributed by atoms with van der Waals surface area (Å²) in [5.74, 6) is -0.867. The van der Waals surface area contributed by atoms with E-state index >= 15 is 0 Å². The second-order valence-electron chi connectivity index (χ2n) is 5.48. The van der Waals surface area contributed by atoms with Gasteiger partial charge in [-0.25, -0.2) is 18.4 Å². The Morgan fingerprint density at radius 3 is 2.41 bits per heavy atom. The molecule has 10 heteroatoms. The SMILES string of the molecule is Cc1ccc(NC(=O)COC(=O)COc2ccc(Br)cc2)cc1S(N)(=O)=O. The summed E-state index contributed by atoms with van der Waals surface area (Å²) >= 11 is 3.28. The van der Waals surface area contributed by atoms with Gasteiger partial charge in [0.1, 0.15) is 5.75 Å². The third-order valence-corrected chi connectivity index (χ3v) is 4.89. The molecule has 2 aromatic rings. The van der Waals surface area contributed by atoms with Gasteiger partial charge < -0.3 is 14.8 Å². The molecule has 27 heavy (non-hydrogen) atoms. The molecule has 0 atom stereocenters. The first-order chi connectivity index (χ1) is 12.6. The fourth-order valence-electron chi connectivity index (χ4n) is 2.04. The van der Waals surface area contributed by atoms with Crippen LogP contribution in [0.2, 0.25) is 0 Å². The highest BCUT2D eigenvalue weighted by atomic mass is 79.9. The minimum absolute atomic E-state index is 0.0970. The Morgan fingerprint density at radius 1 is 1.11 bits per heavy atom. The average Bonchev–Trinajstić information content (AvgIpc) is 2.60. The monoisotopic (exact) mass is 456 g/mol. The molecule has 3 N–H and O–H groups in total. The lowest BCUT2D eigenvalue weighted by Gasteiger charge is -2.10. The van der Waals surface area contributed by atoms with Crippen LogP contribution in [0.1, 0.15) is 5.56 Å². The number of aryl methyl sites for hydroxylation is 1. The van der Waals surface area contributed by atoms with Gasteiger partial charge in [-0.2, -0.15) is 0 Å². The maximum absolute atomic E-state index is 11.9. The van der Waals surface area contributed by atoms with Crippen LogP contribution in [0.5, 0.6) is 5.75 Å². The molecule has 0 bridgehead atoms. The summed E-state index contributed by atoms with van der Waals surface area (Å²) < 4.78 is 33.9. The van der Waals surface area contributed by atoms with Crippen molar-refractivity contribution in [1.29, 1.82) is 0 Å². The number of anilines is 1. The van der Waals surface area contributed by atoms with Crippen LogP contribution in [0.4, 0.5) is 5.69 Å². The predicted molar refractivity (Wildman–Crippen MR) is 102 cm³/mol. The number of benzene rings is 2. The molecule has 2 aromatic carbocycles. The van der Waals surface area contributed by atoms with Crippen LogP contribution in [0.25, 0.3) is 0 Å². The highest BCUT2D eigenvalue weighted by Crippen LogP contribution is 2.19. The molecule has 0 saturated heterocycles. The van der Waals surface area contributed by atoms with E-state index < -0.39 is 28.5 Å². The van der Waals surface area contributed by atoms with Crippen LogP contribution in [-0.2, 0) is 24.3 Å². The van der Waals surface area contributed by atoms with Crippen LogP contribution in [-0.4, -0.2) is 33.5 Å². The molecule has 2 rings (SSSR count). The zero-order valence-corrected chi connectivity index (χ0v) is 16.7. The number of nitrogens with one attached hydrogen (secondary N) is 1. The number of amides is 1. The minimum atomic E-state index is -3.91. The van der Waals surface area contributed by atoms with E-state index in [-0.39, 0.29) is 17.2 Å². The summed E-state index contributed by atoms with van der Waals surface area (Å²) in [5, 5.41) is 7.55. The van der Waals surface area contributed by atoms with Gasteiger partial charge in [-0.3, -0.25) is 4.79 Å². The average molecular weight is 457 g/mol. The van der Waals surface area contributed by atoms with Gasteiger partial charge in [-0.1, -0.05) is 22.0 Å². The fraction of sp³-hybridized carbons (Fsp3) is 0.176. The number of esters is 1. The van der Waals surface area contributed by atoms with Crippen LogP contribution in [0.3, 0.4) is 0 Å². The molecular formula is C17H17BrN2O6S. The Morgan fingerprint density at radius 2 is 1.78 bits per heavy atom. The summed E-state index contributed by atoms with van der Waals surface area (Å²) in [4.78, 5) is 23.4. The van der Waals surface area contributed by atoms with Crippen molar-refractivity contribution in [3.63, 3.8) is 0 Å². The first-order valence-electron chi connectivity index (χ1n) is 7.62. The summed E-state index contributed by atoms with van der Waals surface area (Å²) in [6.07, 6.45) is 0. The summed E-state index contributed by atoms with van der Waals surface area (Å²) in [6, 6.07) is 11.1. The fourth-order valence-corrected chi connectivity index (χ4v) is 3.11. The van der Waals surface area contributed by atoms with Gasteiger partial charge in [0.2, 0.25) is 10.0 Å². The zero-order chi connectivity index (χ0) is 20.0. The topological polar surface area (TPSA) is 125 Å². The smallest absolute Gasteiger partial charge is 0.344 e. The van der Waals surface area contributed by atoms with E-state index in [9.17, 15) is 18.0 Å². The molecule has 0 spiro atoms. The number of carbonyl (C=O) groups excluding carboxylic acids is 2. The van der Waals surface area contributed by atoms with E-state index in [1.807, 2.05) is 0 Å².